The van der Waals surface area contributed by atoms with Gasteiger partial charge in [-0.1, -0.05) is 43.3 Å². The molecule has 4 aromatic rings. The predicted octanol–water partition coefficient (Wildman–Crippen LogP) is 5.67. The monoisotopic (exact) mass is 461 g/mol. The van der Waals surface area contributed by atoms with E-state index in [1.165, 1.54) is 17.7 Å². The molecule has 0 aliphatic rings. The maximum absolute atomic E-state index is 12.8. The summed E-state index contributed by atoms with van der Waals surface area (Å²) in [7, 11) is 0. The highest BCUT2D eigenvalue weighted by Gasteiger charge is 2.21. The number of rotatable bonds is 8. The van der Waals surface area contributed by atoms with Gasteiger partial charge in [0.1, 0.15) is 28.5 Å². The molecule has 0 radical (unpaired) electrons. The number of nitrogens with one attached hydrogen (secondary N) is 1. The van der Waals surface area contributed by atoms with Crippen LogP contribution in [0.2, 0.25) is 0 Å². The molecule has 2 heterocycles. The van der Waals surface area contributed by atoms with Crippen molar-refractivity contribution < 1.29 is 19.1 Å². The Kier molecular flexibility index (Phi) is 6.95. The number of hydrogen-bond donors (Lipinski definition) is 1. The molecule has 2 aromatic heterocycles. The van der Waals surface area contributed by atoms with Gasteiger partial charge in [0, 0.05) is 5.69 Å². The third kappa shape index (κ3) is 5.18. The molecule has 7 nitrogen and oxygen atoms in total. The Bertz CT molecular complexity index is 1290. The topological polar surface area (TPSA) is 90.4 Å². The number of anilines is 2. The largest absolute Gasteiger partial charge is 0.462 e. The lowest BCUT2D eigenvalue weighted by Gasteiger charge is -2.09. The molecule has 0 aliphatic carbocycles. The van der Waals surface area contributed by atoms with Gasteiger partial charge in [0.25, 0.3) is 0 Å². The number of carbonyl (C=O) groups excluding carboxylic acids is 2. The van der Waals surface area contributed by atoms with Crippen LogP contribution in [0.1, 0.15) is 44.5 Å². The highest BCUT2D eigenvalue weighted by atomic mass is 32.1. The van der Waals surface area contributed by atoms with Crippen LogP contribution in [-0.2, 0) is 16.1 Å². The van der Waals surface area contributed by atoms with E-state index in [1.807, 2.05) is 50.2 Å². The van der Waals surface area contributed by atoms with Gasteiger partial charge in [-0.25, -0.2) is 19.6 Å². The molecular weight excluding hydrogens is 438 g/mol. The second-order valence-electron chi connectivity index (χ2n) is 7.36. The number of ether oxygens (including phenoxy) is 2. The van der Waals surface area contributed by atoms with E-state index in [0.717, 1.165) is 22.9 Å². The van der Waals surface area contributed by atoms with Gasteiger partial charge in [0.2, 0.25) is 0 Å². The number of hydrogen-bond acceptors (Lipinski definition) is 8. The minimum absolute atomic E-state index is 0.199. The van der Waals surface area contributed by atoms with Gasteiger partial charge in [-0.3, -0.25) is 0 Å². The van der Waals surface area contributed by atoms with E-state index in [0.29, 0.717) is 33.4 Å². The zero-order valence-corrected chi connectivity index (χ0v) is 19.1. The molecule has 168 valence electrons. The number of fused-ring (bicyclic) bond motifs is 1. The Labute approximate surface area is 195 Å². The van der Waals surface area contributed by atoms with E-state index in [2.05, 4.69) is 15.3 Å². The van der Waals surface area contributed by atoms with E-state index in [9.17, 15) is 9.59 Å². The molecule has 0 aliphatic heterocycles. The van der Waals surface area contributed by atoms with Crippen LogP contribution in [0.4, 0.5) is 11.5 Å². The number of thiophene rings is 1. The fourth-order valence-electron chi connectivity index (χ4n) is 3.29. The third-order valence-corrected chi connectivity index (χ3v) is 6.10. The molecule has 0 saturated carbocycles. The van der Waals surface area contributed by atoms with Crippen molar-refractivity contribution in [1.82, 2.24) is 9.97 Å². The quantitative estimate of drug-likeness (QED) is 0.338. The molecule has 0 amide bonds. The minimum atomic E-state index is -0.397. The standard InChI is InChI=1S/C25H23N3O4S/c1-3-12-31-24(29)18-10-7-11-19(13-18)28-22-20-16(2)21(33-23(20)27-15-26-22)25(30)32-14-17-8-5-4-6-9-17/h4-11,13,15H,3,12,14H2,1-2H3,(H,26,27,28). The van der Waals surface area contributed by atoms with Gasteiger partial charge >= 0.3 is 11.9 Å². The van der Waals surface area contributed by atoms with E-state index in [-0.39, 0.29) is 12.6 Å². The summed E-state index contributed by atoms with van der Waals surface area (Å²) in [5, 5.41) is 3.99. The normalized spacial score (nSPS) is 10.7. The van der Waals surface area contributed by atoms with Crippen LogP contribution in [0.25, 0.3) is 10.2 Å². The number of esters is 2. The SMILES string of the molecule is CCCOC(=O)c1cccc(Nc2ncnc3sc(C(=O)OCc4ccccc4)c(C)c23)c1. The summed E-state index contributed by atoms with van der Waals surface area (Å²) in [4.78, 5) is 34.8. The van der Waals surface area contributed by atoms with Crippen molar-refractivity contribution in [3.05, 3.63) is 82.5 Å². The van der Waals surface area contributed by atoms with Crippen molar-refractivity contribution in [2.45, 2.75) is 26.9 Å². The van der Waals surface area contributed by atoms with Gasteiger partial charge in [0.05, 0.1) is 17.6 Å². The van der Waals surface area contributed by atoms with Crippen LogP contribution >= 0.6 is 11.3 Å². The summed E-state index contributed by atoms with van der Waals surface area (Å²) in [5.74, 6) is -0.218. The minimum Gasteiger partial charge on any atom is -0.462 e. The Morgan fingerprint density at radius 1 is 1.00 bits per heavy atom. The van der Waals surface area contributed by atoms with Gasteiger partial charge in [-0.15, -0.1) is 11.3 Å². The average Bonchev–Trinajstić information content (AvgIpc) is 3.19. The zero-order valence-electron chi connectivity index (χ0n) is 18.3. The number of nitrogens with zero attached hydrogens (tertiary/aromatic N) is 2. The summed E-state index contributed by atoms with van der Waals surface area (Å²) in [6, 6.07) is 16.6. The van der Waals surface area contributed by atoms with Crippen LogP contribution in [-0.4, -0.2) is 28.5 Å². The summed E-state index contributed by atoms with van der Waals surface area (Å²) in [5.41, 5.74) is 2.80. The van der Waals surface area contributed by atoms with E-state index in [4.69, 9.17) is 9.47 Å². The second kappa shape index (κ2) is 10.2. The molecule has 0 saturated heterocycles. The highest BCUT2D eigenvalue weighted by Crippen LogP contribution is 2.35. The fraction of sp³-hybridized carbons (Fsp3) is 0.200. The van der Waals surface area contributed by atoms with Crippen molar-refractivity contribution in [3.8, 4) is 0 Å². The van der Waals surface area contributed by atoms with Gasteiger partial charge in [0.15, 0.2) is 0 Å². The van der Waals surface area contributed by atoms with Crippen LogP contribution < -0.4 is 5.32 Å². The molecule has 8 heteroatoms. The molecule has 4 rings (SSSR count). The summed E-state index contributed by atoms with van der Waals surface area (Å²) in [6.07, 6.45) is 2.20. The maximum Gasteiger partial charge on any atom is 0.349 e. The molecule has 0 atom stereocenters. The first kappa shape index (κ1) is 22.4. The van der Waals surface area contributed by atoms with Crippen molar-refractivity contribution in [1.29, 1.82) is 0 Å². The van der Waals surface area contributed by atoms with Crippen LogP contribution in [0.3, 0.4) is 0 Å². The number of aryl methyl sites for hydroxylation is 1. The first-order chi connectivity index (χ1) is 16.1. The Balaban J connectivity index is 1.57. The van der Waals surface area contributed by atoms with Crippen LogP contribution in [0.5, 0.6) is 0 Å². The molecule has 0 bridgehead atoms. The lowest BCUT2D eigenvalue weighted by Crippen LogP contribution is -2.06. The number of aromatic nitrogens is 2. The summed E-state index contributed by atoms with van der Waals surface area (Å²) >= 11 is 1.27. The Hall–Kier alpha value is -3.78. The second-order valence-corrected chi connectivity index (χ2v) is 8.36. The van der Waals surface area contributed by atoms with E-state index in [1.54, 1.807) is 18.2 Å². The van der Waals surface area contributed by atoms with Gasteiger partial charge in [-0.05, 0) is 42.7 Å². The Morgan fingerprint density at radius 3 is 2.61 bits per heavy atom. The third-order valence-electron chi connectivity index (χ3n) is 4.92. The molecule has 0 fully saturated rings. The summed E-state index contributed by atoms with van der Waals surface area (Å²) < 4.78 is 10.7. The Morgan fingerprint density at radius 2 is 1.82 bits per heavy atom. The van der Waals surface area contributed by atoms with Gasteiger partial charge < -0.3 is 14.8 Å². The van der Waals surface area contributed by atoms with Crippen molar-refractivity contribution in [3.63, 3.8) is 0 Å². The van der Waals surface area contributed by atoms with Crippen molar-refractivity contribution >= 4 is 45.0 Å². The maximum atomic E-state index is 12.8. The lowest BCUT2D eigenvalue weighted by molar-refractivity contribution is 0.0475. The molecule has 2 aromatic carbocycles. The van der Waals surface area contributed by atoms with Crippen LogP contribution in [0, 0.1) is 6.92 Å². The molecule has 0 spiro atoms. The smallest absolute Gasteiger partial charge is 0.349 e. The van der Waals surface area contributed by atoms with Crippen molar-refractivity contribution in [2.24, 2.45) is 0 Å². The fourth-order valence-corrected chi connectivity index (χ4v) is 4.33. The molecule has 0 unspecified atom stereocenters. The number of carbonyl (C=O) groups is 2. The molecule has 1 N–H and O–H groups in total. The predicted molar refractivity (Wildman–Crippen MR) is 128 cm³/mol. The molecule has 33 heavy (non-hydrogen) atoms. The van der Waals surface area contributed by atoms with Gasteiger partial charge in [-0.2, -0.15) is 0 Å². The first-order valence-electron chi connectivity index (χ1n) is 10.6. The average molecular weight is 462 g/mol. The highest BCUT2D eigenvalue weighted by molar-refractivity contribution is 7.20. The lowest BCUT2D eigenvalue weighted by atomic mass is 10.1. The number of benzene rings is 2. The summed E-state index contributed by atoms with van der Waals surface area (Å²) in [6.45, 7) is 4.37. The van der Waals surface area contributed by atoms with E-state index >= 15 is 0 Å². The van der Waals surface area contributed by atoms with Crippen LogP contribution in [0.15, 0.2) is 60.9 Å². The van der Waals surface area contributed by atoms with E-state index < -0.39 is 5.97 Å². The first-order valence-corrected chi connectivity index (χ1v) is 11.4. The molecular formula is C25H23N3O4S. The zero-order chi connectivity index (χ0) is 23.2. The van der Waals surface area contributed by atoms with Crippen molar-refractivity contribution in [2.75, 3.05) is 11.9 Å².